The van der Waals surface area contributed by atoms with Crippen molar-refractivity contribution in [2.24, 2.45) is 11.7 Å². The zero-order chi connectivity index (χ0) is 7.84. The van der Waals surface area contributed by atoms with Gasteiger partial charge in [0.15, 0.2) is 0 Å². The van der Waals surface area contributed by atoms with E-state index in [0.29, 0.717) is 5.92 Å². The zero-order valence-corrected chi connectivity index (χ0v) is 6.41. The van der Waals surface area contributed by atoms with Gasteiger partial charge in [-0.3, -0.25) is 5.10 Å². The Balaban J connectivity index is 2.69. The molecule has 0 spiro atoms. The van der Waals surface area contributed by atoms with E-state index in [-0.39, 0.29) is 6.04 Å². The van der Waals surface area contributed by atoms with E-state index in [0.717, 1.165) is 5.35 Å². The van der Waals surface area contributed by atoms with Crippen molar-refractivity contribution in [1.82, 2.24) is 10.2 Å². The van der Waals surface area contributed by atoms with Gasteiger partial charge in [0.1, 0.15) is 0 Å². The van der Waals surface area contributed by atoms with Crippen LogP contribution in [0.5, 0.6) is 0 Å². The standard InChI is InChI=1S/C8H11N3/c1-5-2-6-4-10-11-8(6)3-7(5)9/h2-5,7,11H,9H2,1H3. The number of hydrogen-bond acceptors (Lipinski definition) is 2. The molecule has 0 fully saturated rings. The van der Waals surface area contributed by atoms with Crippen LogP contribution in [0.4, 0.5) is 0 Å². The first-order chi connectivity index (χ1) is 5.27. The Kier molecular flexibility index (Phi) is 1.32. The Morgan fingerprint density at radius 1 is 1.55 bits per heavy atom. The van der Waals surface area contributed by atoms with Gasteiger partial charge in [-0.15, -0.1) is 0 Å². The third kappa shape index (κ3) is 0.973. The number of H-pyrrole nitrogens is 1. The van der Waals surface area contributed by atoms with Crippen LogP contribution >= 0.6 is 0 Å². The fraction of sp³-hybridized carbons (Fsp3) is 0.375. The molecule has 11 heavy (non-hydrogen) atoms. The molecule has 0 amide bonds. The predicted molar refractivity (Wildman–Crippen MR) is 43.9 cm³/mol. The quantitative estimate of drug-likeness (QED) is 0.494. The largest absolute Gasteiger partial charge is 0.324 e. The van der Waals surface area contributed by atoms with Crippen LogP contribution in [0.2, 0.25) is 0 Å². The number of aromatic amines is 1. The molecule has 0 saturated carbocycles. The Morgan fingerprint density at radius 3 is 3.18 bits per heavy atom. The van der Waals surface area contributed by atoms with Gasteiger partial charge in [0.2, 0.25) is 0 Å². The highest BCUT2D eigenvalue weighted by molar-refractivity contribution is 5.42. The lowest BCUT2D eigenvalue weighted by atomic mass is 9.98. The molecule has 1 aromatic rings. The van der Waals surface area contributed by atoms with Gasteiger partial charge in [-0.2, -0.15) is 5.10 Å². The fourth-order valence-electron chi connectivity index (χ4n) is 1.31. The number of nitrogens with two attached hydrogens (primary N) is 1. The van der Waals surface area contributed by atoms with E-state index in [1.807, 2.05) is 12.3 Å². The number of fused-ring (bicyclic) bond motifs is 1. The van der Waals surface area contributed by atoms with Crippen LogP contribution in [0.15, 0.2) is 6.20 Å². The van der Waals surface area contributed by atoms with Gasteiger partial charge < -0.3 is 5.73 Å². The Labute approximate surface area is 64.6 Å². The topological polar surface area (TPSA) is 54.7 Å². The molecule has 2 atom stereocenters. The molecule has 1 aliphatic rings. The molecule has 0 saturated heterocycles. The summed E-state index contributed by atoms with van der Waals surface area (Å²) in [6.45, 7) is 2.11. The third-order valence-electron chi connectivity index (χ3n) is 2.11. The second-order valence-electron chi connectivity index (χ2n) is 3.01. The van der Waals surface area contributed by atoms with E-state index < -0.39 is 0 Å². The lowest BCUT2D eigenvalue weighted by molar-refractivity contribution is 0.679. The van der Waals surface area contributed by atoms with Crippen LogP contribution < -0.4 is 16.3 Å². The molecule has 1 aromatic heterocycles. The van der Waals surface area contributed by atoms with Crippen LogP contribution in [0.3, 0.4) is 0 Å². The van der Waals surface area contributed by atoms with Crippen molar-refractivity contribution in [3.8, 4) is 0 Å². The second kappa shape index (κ2) is 2.20. The normalized spacial score (nSPS) is 28.5. The summed E-state index contributed by atoms with van der Waals surface area (Å²) in [5.41, 5.74) is 5.82. The van der Waals surface area contributed by atoms with Gasteiger partial charge >= 0.3 is 0 Å². The molecule has 0 aromatic carbocycles. The maximum Gasteiger partial charge on any atom is 0.0623 e. The molecule has 0 radical (unpaired) electrons. The fourth-order valence-corrected chi connectivity index (χ4v) is 1.31. The summed E-state index contributed by atoms with van der Waals surface area (Å²) < 4.78 is 0. The number of rotatable bonds is 0. The lowest BCUT2D eigenvalue weighted by Crippen LogP contribution is -2.37. The maximum atomic E-state index is 5.82. The highest BCUT2D eigenvalue weighted by atomic mass is 15.1. The summed E-state index contributed by atoms with van der Waals surface area (Å²) in [5, 5.41) is 9.04. The first-order valence-electron chi connectivity index (χ1n) is 3.76. The van der Waals surface area contributed by atoms with Crippen LogP contribution in [0.25, 0.3) is 12.2 Å². The van der Waals surface area contributed by atoms with E-state index in [2.05, 4.69) is 23.2 Å². The average Bonchev–Trinajstić information content (AvgIpc) is 2.36. The number of hydrogen-bond donors (Lipinski definition) is 2. The molecule has 3 heteroatoms. The van der Waals surface area contributed by atoms with Crippen LogP contribution in [-0.2, 0) is 0 Å². The number of nitrogens with one attached hydrogen (secondary N) is 1. The van der Waals surface area contributed by atoms with Crippen molar-refractivity contribution in [3.63, 3.8) is 0 Å². The first-order valence-corrected chi connectivity index (χ1v) is 3.76. The number of aromatic nitrogens is 2. The molecule has 0 bridgehead atoms. The van der Waals surface area contributed by atoms with Crippen molar-refractivity contribution < 1.29 is 0 Å². The minimum atomic E-state index is 0.128. The third-order valence-corrected chi connectivity index (χ3v) is 2.11. The van der Waals surface area contributed by atoms with Gasteiger partial charge in [-0.25, -0.2) is 0 Å². The average molecular weight is 149 g/mol. The molecule has 58 valence electrons. The van der Waals surface area contributed by atoms with Crippen LogP contribution in [-0.4, -0.2) is 16.2 Å². The van der Waals surface area contributed by atoms with E-state index in [9.17, 15) is 0 Å². The molecule has 3 nitrogen and oxygen atoms in total. The smallest absolute Gasteiger partial charge is 0.0623 e. The highest BCUT2D eigenvalue weighted by Crippen LogP contribution is 2.04. The van der Waals surface area contributed by atoms with Crippen molar-refractivity contribution in [3.05, 3.63) is 16.8 Å². The Bertz CT molecular complexity index is 328. The minimum Gasteiger partial charge on any atom is -0.324 e. The van der Waals surface area contributed by atoms with Gasteiger partial charge in [-0.1, -0.05) is 13.0 Å². The summed E-state index contributed by atoms with van der Waals surface area (Å²) in [5.74, 6) is 0.417. The molecule has 2 unspecified atom stereocenters. The summed E-state index contributed by atoms with van der Waals surface area (Å²) in [7, 11) is 0. The van der Waals surface area contributed by atoms with Crippen LogP contribution in [0.1, 0.15) is 6.92 Å². The van der Waals surface area contributed by atoms with Crippen LogP contribution in [0, 0.1) is 5.92 Å². The van der Waals surface area contributed by atoms with E-state index in [1.165, 1.54) is 5.22 Å². The Hall–Kier alpha value is -1.09. The molecule has 1 aliphatic carbocycles. The van der Waals surface area contributed by atoms with Crippen molar-refractivity contribution in [2.45, 2.75) is 13.0 Å². The van der Waals surface area contributed by atoms with Crippen molar-refractivity contribution >= 4 is 12.2 Å². The van der Waals surface area contributed by atoms with Gasteiger partial charge in [0, 0.05) is 11.3 Å². The van der Waals surface area contributed by atoms with Gasteiger partial charge in [0.25, 0.3) is 0 Å². The molecule has 0 aliphatic heterocycles. The second-order valence-corrected chi connectivity index (χ2v) is 3.01. The van der Waals surface area contributed by atoms with E-state index in [1.54, 1.807) is 0 Å². The molecular weight excluding hydrogens is 138 g/mol. The SMILES string of the molecule is CC1C=c2cn[nH]c2=CC1N. The molecule has 2 rings (SSSR count). The highest BCUT2D eigenvalue weighted by Gasteiger charge is 2.10. The van der Waals surface area contributed by atoms with Crippen molar-refractivity contribution in [2.75, 3.05) is 0 Å². The minimum absolute atomic E-state index is 0.128. The van der Waals surface area contributed by atoms with E-state index in [4.69, 9.17) is 5.73 Å². The van der Waals surface area contributed by atoms with Crippen molar-refractivity contribution in [1.29, 1.82) is 0 Å². The maximum absolute atomic E-state index is 5.82. The predicted octanol–water partition coefficient (Wildman–Crippen LogP) is -1.05. The van der Waals surface area contributed by atoms with Gasteiger partial charge in [0.05, 0.1) is 11.5 Å². The lowest BCUT2D eigenvalue weighted by Gasteiger charge is -2.13. The first kappa shape index (κ1) is 6.61. The summed E-state index contributed by atoms with van der Waals surface area (Å²) in [4.78, 5) is 0. The molecular formula is C8H11N3. The van der Waals surface area contributed by atoms with Gasteiger partial charge in [-0.05, 0) is 12.0 Å². The van der Waals surface area contributed by atoms with E-state index >= 15 is 0 Å². The molecule has 1 heterocycles. The summed E-state index contributed by atoms with van der Waals surface area (Å²) >= 11 is 0. The zero-order valence-electron chi connectivity index (χ0n) is 6.41. The number of nitrogens with zero attached hydrogens (tertiary/aromatic N) is 1. The summed E-state index contributed by atoms with van der Waals surface area (Å²) in [6, 6.07) is 0.128. The summed E-state index contributed by atoms with van der Waals surface area (Å²) in [6.07, 6.45) is 5.99. The molecule has 3 N–H and O–H groups in total. The Morgan fingerprint density at radius 2 is 2.36 bits per heavy atom. The monoisotopic (exact) mass is 149 g/mol.